The van der Waals surface area contributed by atoms with Crippen LogP contribution in [0.15, 0.2) is 0 Å². The van der Waals surface area contributed by atoms with Crippen LogP contribution in [0.3, 0.4) is 0 Å². The fourth-order valence-electron chi connectivity index (χ4n) is 2.09. The molecule has 0 aromatic rings. The fraction of sp³-hybridized carbons (Fsp3) is 1.00. The molecule has 0 fully saturated rings. The Bertz CT molecular complexity index is 289. The second kappa shape index (κ2) is 10.1. The summed E-state index contributed by atoms with van der Waals surface area (Å²) in [5.41, 5.74) is 0. The van der Waals surface area contributed by atoms with Gasteiger partial charge in [-0.3, -0.25) is 4.55 Å². The van der Waals surface area contributed by atoms with Crippen LogP contribution < -0.4 is 0 Å². The van der Waals surface area contributed by atoms with Gasteiger partial charge in [-0.25, -0.2) is 0 Å². The van der Waals surface area contributed by atoms with Crippen molar-refractivity contribution in [3.8, 4) is 0 Å². The molecular weight excluding hydrogens is 268 g/mol. The van der Waals surface area contributed by atoms with E-state index in [4.69, 9.17) is 4.55 Å². The van der Waals surface area contributed by atoms with E-state index in [1.807, 2.05) is 0 Å². The van der Waals surface area contributed by atoms with Gasteiger partial charge in [0.25, 0.3) is 10.1 Å². The molecule has 5 heteroatoms. The van der Waals surface area contributed by atoms with Crippen molar-refractivity contribution < 1.29 is 13.0 Å². The van der Waals surface area contributed by atoms with Crippen LogP contribution in [0.1, 0.15) is 58.8 Å². The Kier molecular flexibility index (Phi) is 10.2. The molecule has 0 heterocycles. The van der Waals surface area contributed by atoms with Gasteiger partial charge < -0.3 is 0 Å². The number of rotatable bonds is 11. The lowest BCUT2D eigenvalue weighted by molar-refractivity contribution is 0.331. The van der Waals surface area contributed by atoms with Crippen LogP contribution in [0.5, 0.6) is 0 Å². The predicted octanol–water partition coefficient (Wildman–Crippen LogP) is 3.81. The molecule has 0 aliphatic rings. The first-order valence-electron chi connectivity index (χ1n) is 6.93. The Hall–Kier alpha value is 0.260. The molecule has 0 radical (unpaired) electrons. The van der Waals surface area contributed by atoms with E-state index in [-0.39, 0.29) is 5.75 Å². The average Bonchev–Trinajstić information content (AvgIpc) is 2.28. The van der Waals surface area contributed by atoms with Crippen molar-refractivity contribution in [1.29, 1.82) is 0 Å². The normalized spacial score (nSPS) is 15.6. The molecule has 0 saturated carbocycles. The summed E-state index contributed by atoms with van der Waals surface area (Å²) in [5, 5.41) is 0. The van der Waals surface area contributed by atoms with E-state index in [9.17, 15) is 8.42 Å². The lowest BCUT2D eigenvalue weighted by Crippen LogP contribution is -2.08. The van der Waals surface area contributed by atoms with E-state index in [2.05, 4.69) is 26.5 Å². The molecule has 2 unspecified atom stereocenters. The minimum Gasteiger partial charge on any atom is -0.286 e. The first kappa shape index (κ1) is 18.3. The third-order valence-corrected chi connectivity index (χ3v) is 4.72. The van der Waals surface area contributed by atoms with Crippen molar-refractivity contribution in [3.63, 3.8) is 0 Å². The van der Waals surface area contributed by atoms with Gasteiger partial charge in [0, 0.05) is 0 Å². The van der Waals surface area contributed by atoms with E-state index < -0.39 is 10.1 Å². The SMILES string of the molecule is CC(CCCS)C(C)CCCCCCS(=O)(=O)O. The van der Waals surface area contributed by atoms with Crippen LogP contribution in [0.25, 0.3) is 0 Å². The highest BCUT2D eigenvalue weighted by atomic mass is 32.2. The van der Waals surface area contributed by atoms with Crippen molar-refractivity contribution >= 4 is 22.7 Å². The van der Waals surface area contributed by atoms with Gasteiger partial charge in [0.1, 0.15) is 0 Å². The highest BCUT2D eigenvalue weighted by Crippen LogP contribution is 2.22. The highest BCUT2D eigenvalue weighted by Gasteiger charge is 2.11. The maximum absolute atomic E-state index is 10.5. The zero-order valence-corrected chi connectivity index (χ0v) is 13.3. The Morgan fingerprint density at radius 1 is 0.944 bits per heavy atom. The van der Waals surface area contributed by atoms with E-state index in [0.29, 0.717) is 6.42 Å². The quantitative estimate of drug-likeness (QED) is 0.346. The van der Waals surface area contributed by atoms with Crippen molar-refractivity contribution in [3.05, 3.63) is 0 Å². The summed E-state index contributed by atoms with van der Waals surface area (Å²) >= 11 is 4.23. The topological polar surface area (TPSA) is 54.4 Å². The maximum atomic E-state index is 10.5. The van der Waals surface area contributed by atoms with Gasteiger partial charge in [-0.2, -0.15) is 21.0 Å². The standard InChI is InChI=1S/C13H28O3S2/c1-12(13(2)9-7-10-17)8-5-3-4-6-11-18(14,15)16/h12-13,17H,3-11H2,1-2H3,(H,14,15,16). The van der Waals surface area contributed by atoms with Gasteiger partial charge in [-0.15, -0.1) is 0 Å². The van der Waals surface area contributed by atoms with Gasteiger partial charge >= 0.3 is 0 Å². The molecule has 0 aromatic heterocycles. The van der Waals surface area contributed by atoms with Gasteiger partial charge in [0.15, 0.2) is 0 Å². The first-order chi connectivity index (χ1) is 8.37. The molecule has 0 amide bonds. The molecule has 0 aliphatic heterocycles. The van der Waals surface area contributed by atoms with E-state index in [1.165, 1.54) is 19.3 Å². The number of hydrogen-bond acceptors (Lipinski definition) is 3. The monoisotopic (exact) mass is 296 g/mol. The molecule has 0 aliphatic carbocycles. The van der Waals surface area contributed by atoms with E-state index in [1.54, 1.807) is 0 Å². The summed E-state index contributed by atoms with van der Waals surface area (Å²) in [6, 6.07) is 0. The van der Waals surface area contributed by atoms with Gasteiger partial charge in [-0.05, 0) is 36.9 Å². The Morgan fingerprint density at radius 3 is 1.94 bits per heavy atom. The van der Waals surface area contributed by atoms with Crippen LogP contribution in [0, 0.1) is 11.8 Å². The largest absolute Gasteiger partial charge is 0.286 e. The van der Waals surface area contributed by atoms with E-state index in [0.717, 1.165) is 36.9 Å². The average molecular weight is 296 g/mol. The molecular formula is C13H28O3S2. The van der Waals surface area contributed by atoms with Crippen molar-refractivity contribution in [2.45, 2.75) is 58.8 Å². The predicted molar refractivity (Wildman–Crippen MR) is 80.9 cm³/mol. The summed E-state index contributed by atoms with van der Waals surface area (Å²) in [5.74, 6) is 2.34. The summed E-state index contributed by atoms with van der Waals surface area (Å²) in [6.07, 6.45) is 7.30. The van der Waals surface area contributed by atoms with Gasteiger partial charge in [0.05, 0.1) is 5.75 Å². The molecule has 0 saturated heterocycles. The summed E-state index contributed by atoms with van der Waals surface area (Å²) in [4.78, 5) is 0. The zero-order valence-electron chi connectivity index (χ0n) is 11.6. The lowest BCUT2D eigenvalue weighted by Gasteiger charge is -2.19. The minimum absolute atomic E-state index is 0.0963. The first-order valence-corrected chi connectivity index (χ1v) is 9.17. The highest BCUT2D eigenvalue weighted by molar-refractivity contribution is 7.85. The molecule has 18 heavy (non-hydrogen) atoms. The second-order valence-corrected chi connectivity index (χ2v) is 7.33. The summed E-state index contributed by atoms with van der Waals surface area (Å²) < 4.78 is 29.6. The van der Waals surface area contributed by atoms with Crippen LogP contribution in [0.2, 0.25) is 0 Å². The van der Waals surface area contributed by atoms with Gasteiger partial charge in [-0.1, -0.05) is 39.5 Å². The summed E-state index contributed by atoms with van der Waals surface area (Å²) in [7, 11) is -3.76. The minimum atomic E-state index is -3.76. The van der Waals surface area contributed by atoms with Crippen LogP contribution in [-0.2, 0) is 10.1 Å². The van der Waals surface area contributed by atoms with Crippen molar-refractivity contribution in [1.82, 2.24) is 0 Å². The molecule has 0 rings (SSSR count). The van der Waals surface area contributed by atoms with E-state index >= 15 is 0 Å². The van der Waals surface area contributed by atoms with Crippen LogP contribution >= 0.6 is 12.6 Å². The summed E-state index contributed by atoms with van der Waals surface area (Å²) in [6.45, 7) is 4.59. The Balaban J connectivity index is 3.48. The third-order valence-electron chi connectivity index (χ3n) is 3.60. The maximum Gasteiger partial charge on any atom is 0.264 e. The molecule has 0 aromatic carbocycles. The van der Waals surface area contributed by atoms with Crippen molar-refractivity contribution in [2.75, 3.05) is 11.5 Å². The van der Waals surface area contributed by atoms with Crippen LogP contribution in [-0.4, -0.2) is 24.5 Å². The third kappa shape index (κ3) is 11.4. The van der Waals surface area contributed by atoms with Crippen LogP contribution in [0.4, 0.5) is 0 Å². The Morgan fingerprint density at radius 2 is 1.44 bits per heavy atom. The molecule has 1 N–H and O–H groups in total. The van der Waals surface area contributed by atoms with Crippen molar-refractivity contribution in [2.24, 2.45) is 11.8 Å². The zero-order chi connectivity index (χ0) is 14.0. The lowest BCUT2D eigenvalue weighted by atomic mass is 9.87. The molecule has 110 valence electrons. The smallest absolute Gasteiger partial charge is 0.264 e. The molecule has 2 atom stereocenters. The number of thiol groups is 1. The second-order valence-electron chi connectivity index (χ2n) is 5.31. The van der Waals surface area contributed by atoms with Gasteiger partial charge in [0.2, 0.25) is 0 Å². The number of unbranched alkanes of at least 4 members (excludes halogenated alkanes) is 3. The molecule has 3 nitrogen and oxygen atoms in total. The molecule has 0 bridgehead atoms. The fourth-order valence-corrected chi connectivity index (χ4v) is 2.84. The Labute approximate surface area is 118 Å². The molecule has 0 spiro atoms. The number of hydrogen-bond donors (Lipinski definition) is 2.